The van der Waals surface area contributed by atoms with Crippen molar-refractivity contribution in [2.75, 3.05) is 65.6 Å². The van der Waals surface area contributed by atoms with Gasteiger partial charge in [-0.05, 0) is 195 Å². The van der Waals surface area contributed by atoms with Crippen LogP contribution in [0.25, 0.3) is 0 Å². The van der Waals surface area contributed by atoms with Crippen molar-refractivity contribution < 1.29 is 136 Å². The van der Waals surface area contributed by atoms with Crippen LogP contribution in [0.4, 0.5) is 0 Å². The summed E-state index contributed by atoms with van der Waals surface area (Å²) in [6, 6.07) is -27.0. The normalized spacial score (nSPS) is 18.2. The van der Waals surface area contributed by atoms with Crippen molar-refractivity contribution >= 4 is 124 Å². The zero-order valence-electron chi connectivity index (χ0n) is 74.4. The fourth-order valence-corrected chi connectivity index (χ4v) is 14.4. The molecule has 50 nitrogen and oxygen atoms in total. The van der Waals surface area contributed by atoms with Crippen molar-refractivity contribution in [3.05, 3.63) is 0 Å². The topological polar surface area (TPSA) is 808 Å². The van der Waals surface area contributed by atoms with E-state index in [1.165, 1.54) is 34.6 Å². The number of nitrogens with one attached hydrogen (secondary N) is 14. The molecule has 3 aliphatic rings. The van der Waals surface area contributed by atoms with E-state index in [4.69, 9.17) is 28.7 Å². The number of rotatable bonds is 61. The van der Waals surface area contributed by atoms with E-state index in [1.807, 2.05) is 0 Å². The Kier molecular flexibility index (Phi) is 50.5. The van der Waals surface area contributed by atoms with Crippen LogP contribution < -0.4 is 103 Å². The van der Waals surface area contributed by atoms with E-state index >= 15 is 0 Å². The number of likely N-dealkylation sites (tertiary alicyclic amines) is 3. The van der Waals surface area contributed by atoms with Crippen LogP contribution in [0.5, 0.6) is 0 Å². The molecule has 734 valence electrons. The molecule has 0 aromatic carbocycles. The lowest BCUT2D eigenvalue weighted by molar-refractivity contribution is -0.150. The van der Waals surface area contributed by atoms with E-state index in [0.717, 1.165) is 21.6 Å². The summed E-state index contributed by atoms with van der Waals surface area (Å²) in [5.41, 5.74) is 28.5. The highest BCUT2D eigenvalue weighted by atomic mass is 16.4. The summed E-state index contributed by atoms with van der Waals surface area (Å²) in [5.74, 6) is -23.2. The van der Waals surface area contributed by atoms with Gasteiger partial charge in [0.05, 0.1) is 25.9 Å². The van der Waals surface area contributed by atoms with E-state index in [2.05, 4.69) is 74.4 Å². The lowest BCUT2D eigenvalue weighted by Gasteiger charge is -2.31. The van der Waals surface area contributed by atoms with Crippen LogP contribution in [0.15, 0.2) is 0 Å². The number of carboxylic acids is 4. The van der Waals surface area contributed by atoms with Crippen molar-refractivity contribution in [1.82, 2.24) is 89.1 Å². The number of hydrogen-bond acceptors (Lipinski definition) is 29. The zero-order valence-corrected chi connectivity index (χ0v) is 74.4. The van der Waals surface area contributed by atoms with Gasteiger partial charge in [0.1, 0.15) is 103 Å². The van der Waals surface area contributed by atoms with Crippen molar-refractivity contribution in [3.8, 4) is 0 Å². The molecule has 0 aromatic heterocycles. The monoisotopic (exact) mass is 1850 g/mol. The predicted molar refractivity (Wildman–Crippen MR) is 458 cm³/mol. The Morgan fingerprint density at radius 2 is 0.531 bits per heavy atom. The predicted octanol–water partition coefficient (Wildman–Crippen LogP) is -10.0. The van der Waals surface area contributed by atoms with Gasteiger partial charge in [0.15, 0.2) is 0 Å². The number of carboxylic acid groups (broad SMARTS) is 4. The summed E-state index contributed by atoms with van der Waals surface area (Å²) >= 11 is 0. The third-order valence-corrected chi connectivity index (χ3v) is 22.0. The summed E-state index contributed by atoms with van der Waals surface area (Å²) in [4.78, 5) is 287. The van der Waals surface area contributed by atoms with E-state index < -0.39 is 297 Å². The van der Waals surface area contributed by atoms with Crippen LogP contribution >= 0.6 is 0 Å². The van der Waals surface area contributed by atoms with E-state index in [-0.39, 0.29) is 129 Å². The second-order valence-corrected chi connectivity index (χ2v) is 32.7. The minimum absolute atomic E-state index is 0.0164. The first-order valence-electron chi connectivity index (χ1n) is 43.9. The smallest absolute Gasteiger partial charge is 0.326 e. The minimum atomic E-state index is -1.85. The van der Waals surface area contributed by atoms with Crippen LogP contribution in [-0.4, -0.2) is 349 Å². The largest absolute Gasteiger partial charge is 0.481 e. The Bertz CT molecular complexity index is 3880. The first-order chi connectivity index (χ1) is 61.4. The number of aliphatic hydroxyl groups is 3. The molecule has 50 heteroatoms. The molecule has 0 bridgehead atoms. The van der Waals surface area contributed by atoms with Crippen LogP contribution in [-0.2, 0) is 101 Å². The summed E-state index contributed by atoms with van der Waals surface area (Å²) in [6.45, 7) is 5.57. The Labute approximate surface area is 751 Å². The molecule has 31 N–H and O–H groups in total. The summed E-state index contributed by atoms with van der Waals surface area (Å²) in [6.07, 6.45) is -1.21. The Hall–Kier alpha value is -11.4. The molecule has 0 aromatic rings. The lowest BCUT2D eigenvalue weighted by Crippen LogP contribution is -2.61. The molecule has 3 aliphatic heterocycles. The van der Waals surface area contributed by atoms with Crippen molar-refractivity contribution in [2.45, 2.75) is 304 Å². The SMILES string of the molecule is CC(C)[C@H](NC(=O)[C@@H]1CCCN1C(=O)[C@H](CO)NC(=O)[C@H](CCCCN)NC(=O)[C@H](C)NC(=O)[C@H](CCC(=O)O)NC(=O)[C@H](C)NC(=O)[C@@H]1CCCN1C(=O)[C@H](CO)NC(=O)[C@H](CCCCN)NC(=O)[C@H](C)N)C(=O)N[C@@H](CCCCN)C(=O)N[C@@H](CCC(=O)O)C(=O)N[C@@H](CCC(=O)O)C(=O)N[C@@H](C)C(=O)N[C@@H](CCCCN)C(=O)N[C@@H](CO)C(=O)N1CCC[C@H]1C(=O)O. The Morgan fingerprint density at radius 1 is 0.292 bits per heavy atom. The van der Waals surface area contributed by atoms with E-state index in [9.17, 15) is 136 Å². The number of aliphatic carboxylic acids is 4. The van der Waals surface area contributed by atoms with Crippen LogP contribution in [0.1, 0.15) is 196 Å². The maximum Gasteiger partial charge on any atom is 0.326 e. The molecule has 0 unspecified atom stereocenters. The molecule has 130 heavy (non-hydrogen) atoms. The number of nitrogens with two attached hydrogens (primary N) is 5. The van der Waals surface area contributed by atoms with Crippen molar-refractivity contribution in [3.63, 3.8) is 0 Å². The standard InChI is InChI=1S/C80H136N22O28/c1-41(2)62(76(125)95-49(21-10-14-34-84)69(118)94-52(27-30-61(110)111)73(122)93-51(26-29-60(108)109)68(117)87-44(5)65(114)91-48(20-9-13-33-83)72(121)98-55(40-105)79(128)102-37-17-24-58(102)80(129)130)99-75(124)57-23-16-36-101(57)78(127)54(39-104)97-71(120)47(19-8-12-32-82)90-64(113)43(4)86-67(116)50(25-28-59(106)107)92-66(115)45(6)88-74(123)56-22-15-35-100(56)77(126)53(38-103)96-70(119)46(18-7-11-31-81)89-63(112)42(3)85/h41-58,62,103-105H,7-40,81-85H2,1-6H3,(H,86,116)(H,87,117)(H,88,123)(H,89,112)(H,90,113)(H,91,114)(H,92,115)(H,93,122)(H,94,118)(H,95,125)(H,96,119)(H,97,120)(H,98,121)(H,99,124)(H,106,107)(H,108,109)(H,110,111)(H,129,130)/t42-,43-,44-,45-,46-,47-,48-,49-,50-,51-,52-,53-,54-,55-,56-,57-,58-,62-/m0/s1. The van der Waals surface area contributed by atoms with Gasteiger partial charge in [-0.15, -0.1) is 0 Å². The molecular weight excluding hydrogens is 1720 g/mol. The number of nitrogens with zero attached hydrogens (tertiary/aromatic N) is 3. The van der Waals surface area contributed by atoms with Crippen LogP contribution in [0.3, 0.4) is 0 Å². The Balaban J connectivity index is 1.79. The van der Waals surface area contributed by atoms with Crippen molar-refractivity contribution in [1.29, 1.82) is 0 Å². The number of aliphatic hydroxyl groups excluding tert-OH is 3. The summed E-state index contributed by atoms with van der Waals surface area (Å²) in [7, 11) is 0. The highest BCUT2D eigenvalue weighted by Gasteiger charge is 2.45. The molecule has 3 fully saturated rings. The fourth-order valence-electron chi connectivity index (χ4n) is 14.4. The first kappa shape index (κ1) is 113. The number of unbranched alkanes of at least 4 members (excludes halogenated alkanes) is 4. The van der Waals surface area contributed by atoms with Gasteiger partial charge in [-0.3, -0.25) is 95.9 Å². The molecule has 0 spiro atoms. The maximum atomic E-state index is 14.5. The van der Waals surface area contributed by atoms with Gasteiger partial charge >= 0.3 is 23.9 Å². The average molecular weight is 1850 g/mol. The lowest BCUT2D eigenvalue weighted by atomic mass is 10.0. The van der Waals surface area contributed by atoms with Gasteiger partial charge in [-0.25, -0.2) is 4.79 Å². The van der Waals surface area contributed by atoms with Gasteiger partial charge < -0.3 is 154 Å². The van der Waals surface area contributed by atoms with Gasteiger partial charge in [0.25, 0.3) is 0 Å². The maximum absolute atomic E-state index is 14.5. The van der Waals surface area contributed by atoms with Crippen LogP contribution in [0.2, 0.25) is 0 Å². The average Bonchev–Trinajstić information content (AvgIpc) is 1.65. The zero-order chi connectivity index (χ0) is 97.8. The molecule has 3 saturated heterocycles. The number of carbonyl (C=O) groups is 21. The van der Waals surface area contributed by atoms with Crippen LogP contribution in [0, 0.1) is 5.92 Å². The second-order valence-electron chi connectivity index (χ2n) is 32.7. The molecule has 3 heterocycles. The molecule has 3 rings (SSSR count). The molecule has 18 atom stereocenters. The third kappa shape index (κ3) is 37.6. The number of carbonyl (C=O) groups excluding carboxylic acids is 17. The summed E-state index contributed by atoms with van der Waals surface area (Å²) < 4.78 is 0. The van der Waals surface area contributed by atoms with Gasteiger partial charge in [-0.2, -0.15) is 0 Å². The molecule has 17 amide bonds. The number of amides is 17. The molecule has 0 saturated carbocycles. The highest BCUT2D eigenvalue weighted by Crippen LogP contribution is 2.24. The molecule has 0 aliphatic carbocycles. The van der Waals surface area contributed by atoms with Crippen molar-refractivity contribution in [2.24, 2.45) is 34.6 Å². The van der Waals surface area contributed by atoms with E-state index in [1.54, 1.807) is 0 Å². The van der Waals surface area contributed by atoms with Gasteiger partial charge in [-0.1, -0.05) is 13.8 Å². The van der Waals surface area contributed by atoms with Gasteiger partial charge in [0, 0.05) is 38.9 Å². The second kappa shape index (κ2) is 58.3. The van der Waals surface area contributed by atoms with E-state index in [0.29, 0.717) is 32.1 Å². The quantitative estimate of drug-likeness (QED) is 0.0251. The third-order valence-electron chi connectivity index (χ3n) is 22.0. The molecule has 0 radical (unpaired) electrons. The fraction of sp³-hybridized carbons (Fsp3) is 0.738. The Morgan fingerprint density at radius 3 is 0.800 bits per heavy atom. The number of hydrogen-bond donors (Lipinski definition) is 26. The highest BCUT2D eigenvalue weighted by molar-refractivity contribution is 6.02. The molecular formula is C80H136N22O28. The summed E-state index contributed by atoms with van der Waals surface area (Å²) in [5, 5.41) is 104. The minimum Gasteiger partial charge on any atom is -0.481 e. The first-order valence-corrected chi connectivity index (χ1v) is 43.9. The van der Waals surface area contributed by atoms with Gasteiger partial charge in [0.2, 0.25) is 100 Å².